The lowest BCUT2D eigenvalue weighted by atomic mass is 9.85. The van der Waals surface area contributed by atoms with Gasteiger partial charge in [0.05, 0.1) is 11.8 Å². The molecule has 0 bridgehead atoms. The first kappa shape index (κ1) is 18.0. The van der Waals surface area contributed by atoms with Crippen molar-refractivity contribution in [1.82, 2.24) is 0 Å². The summed E-state index contributed by atoms with van der Waals surface area (Å²) in [5.74, 6) is -2.32. The first-order chi connectivity index (χ1) is 10.1. The number of hydrogen-bond donors (Lipinski definition) is 1. The molecule has 0 aliphatic carbocycles. The highest BCUT2D eigenvalue weighted by Gasteiger charge is 2.39. The number of carbonyl (C=O) groups is 2. The smallest absolute Gasteiger partial charge is 0.309 e. The van der Waals surface area contributed by atoms with E-state index in [0.717, 1.165) is 19.3 Å². The average Bonchev–Trinajstić information content (AvgIpc) is 2.45. The van der Waals surface area contributed by atoms with Crippen LogP contribution in [-0.4, -0.2) is 23.1 Å². The van der Waals surface area contributed by atoms with E-state index >= 15 is 0 Å². The lowest BCUT2D eigenvalue weighted by molar-refractivity contribution is -0.172. The number of unbranched alkanes of at least 4 members (excludes halogenated alkanes) is 7. The molecule has 0 aromatic heterocycles. The van der Waals surface area contributed by atoms with Gasteiger partial charge in [0.2, 0.25) is 0 Å². The fourth-order valence-electron chi connectivity index (χ4n) is 2.97. The lowest BCUT2D eigenvalue weighted by Crippen LogP contribution is -2.40. The summed E-state index contributed by atoms with van der Waals surface area (Å²) in [6.07, 6.45) is 11.0. The third kappa shape index (κ3) is 6.49. The van der Waals surface area contributed by atoms with E-state index in [1.165, 1.54) is 38.5 Å². The summed E-state index contributed by atoms with van der Waals surface area (Å²) in [4.78, 5) is 22.8. The minimum absolute atomic E-state index is 0.199. The van der Waals surface area contributed by atoms with Gasteiger partial charge in [0, 0.05) is 0 Å². The van der Waals surface area contributed by atoms with E-state index in [1.54, 1.807) is 6.92 Å². The van der Waals surface area contributed by atoms with Crippen molar-refractivity contribution in [1.29, 1.82) is 0 Å². The summed E-state index contributed by atoms with van der Waals surface area (Å²) < 4.78 is 5.34. The molecule has 1 rings (SSSR count). The van der Waals surface area contributed by atoms with Crippen LogP contribution in [0.4, 0.5) is 0 Å². The maximum Gasteiger partial charge on any atom is 0.309 e. The van der Waals surface area contributed by atoms with Gasteiger partial charge < -0.3 is 9.84 Å². The molecular weight excluding hydrogens is 268 g/mol. The molecule has 1 fully saturated rings. The van der Waals surface area contributed by atoms with Gasteiger partial charge in [-0.3, -0.25) is 9.59 Å². The molecule has 3 atom stereocenters. The summed E-state index contributed by atoms with van der Waals surface area (Å²) >= 11 is 0. The molecule has 1 aliphatic heterocycles. The molecule has 0 saturated carbocycles. The van der Waals surface area contributed by atoms with Crippen LogP contribution in [0.1, 0.15) is 78.1 Å². The maximum absolute atomic E-state index is 11.7. The zero-order valence-electron chi connectivity index (χ0n) is 13.5. The third-order valence-electron chi connectivity index (χ3n) is 4.47. The quantitative estimate of drug-likeness (QED) is 0.485. The predicted octanol–water partition coefficient (Wildman–Crippen LogP) is 4.17. The number of carbonyl (C=O) groups excluding carboxylic acids is 1. The van der Waals surface area contributed by atoms with Crippen LogP contribution in [0, 0.1) is 11.8 Å². The molecule has 1 saturated heterocycles. The molecular formula is C17H30O4. The number of rotatable bonds is 10. The Morgan fingerprint density at radius 1 is 1.14 bits per heavy atom. The van der Waals surface area contributed by atoms with E-state index in [4.69, 9.17) is 9.84 Å². The highest BCUT2D eigenvalue weighted by Crippen LogP contribution is 2.29. The Kier molecular flexibility index (Phi) is 8.40. The maximum atomic E-state index is 11.7. The first-order valence-electron chi connectivity index (χ1n) is 8.49. The number of esters is 1. The van der Waals surface area contributed by atoms with Gasteiger partial charge in [-0.05, 0) is 19.3 Å². The second-order valence-corrected chi connectivity index (χ2v) is 6.29. The summed E-state index contributed by atoms with van der Waals surface area (Å²) in [5.41, 5.74) is 0. The van der Waals surface area contributed by atoms with Gasteiger partial charge in [0.1, 0.15) is 6.10 Å². The number of cyclic esters (lactones) is 1. The molecule has 1 aliphatic rings. The van der Waals surface area contributed by atoms with E-state index in [0.29, 0.717) is 6.42 Å². The van der Waals surface area contributed by atoms with Gasteiger partial charge in [-0.2, -0.15) is 0 Å². The number of aliphatic carboxylic acids is 1. The Balaban J connectivity index is 2.14. The van der Waals surface area contributed by atoms with Crippen LogP contribution in [0.15, 0.2) is 0 Å². The standard InChI is InChI=1S/C17H30O4/c1-3-4-5-6-7-8-9-10-11-14-12-15(16(18)19)13(2)17(20)21-14/h13-15H,3-12H2,1-2H3,(H,18,19). The SMILES string of the molecule is CCCCCCCCCCC1CC(C(=O)O)C(C)C(=O)O1. The zero-order chi connectivity index (χ0) is 15.7. The van der Waals surface area contributed by atoms with E-state index in [2.05, 4.69) is 6.92 Å². The van der Waals surface area contributed by atoms with Crippen LogP contribution >= 0.6 is 0 Å². The molecule has 0 aromatic rings. The van der Waals surface area contributed by atoms with Crippen molar-refractivity contribution in [2.24, 2.45) is 11.8 Å². The Hall–Kier alpha value is -1.06. The Morgan fingerprint density at radius 2 is 1.71 bits per heavy atom. The van der Waals surface area contributed by atoms with E-state index in [-0.39, 0.29) is 12.1 Å². The average molecular weight is 298 g/mol. The highest BCUT2D eigenvalue weighted by atomic mass is 16.5. The fraction of sp³-hybridized carbons (Fsp3) is 0.882. The second kappa shape index (κ2) is 9.80. The van der Waals surface area contributed by atoms with Crippen molar-refractivity contribution in [2.45, 2.75) is 84.2 Å². The van der Waals surface area contributed by atoms with Crippen LogP contribution in [0.3, 0.4) is 0 Å². The monoisotopic (exact) mass is 298 g/mol. The summed E-state index contributed by atoms with van der Waals surface area (Å²) in [6.45, 7) is 3.87. The minimum atomic E-state index is -0.875. The van der Waals surface area contributed by atoms with Crippen molar-refractivity contribution in [3.05, 3.63) is 0 Å². The Bertz CT molecular complexity index is 327. The molecule has 21 heavy (non-hydrogen) atoms. The van der Waals surface area contributed by atoms with Crippen LogP contribution < -0.4 is 0 Å². The topological polar surface area (TPSA) is 63.6 Å². The number of ether oxygens (including phenoxy) is 1. The second-order valence-electron chi connectivity index (χ2n) is 6.29. The van der Waals surface area contributed by atoms with Crippen LogP contribution in [0.25, 0.3) is 0 Å². The Morgan fingerprint density at radius 3 is 2.29 bits per heavy atom. The molecule has 0 spiro atoms. The zero-order valence-corrected chi connectivity index (χ0v) is 13.5. The molecule has 0 radical (unpaired) electrons. The van der Waals surface area contributed by atoms with Crippen LogP contribution in [0.5, 0.6) is 0 Å². The number of carboxylic acids is 1. The Labute approximate surface area is 128 Å². The van der Waals surface area contributed by atoms with Crippen molar-refractivity contribution < 1.29 is 19.4 Å². The third-order valence-corrected chi connectivity index (χ3v) is 4.47. The van der Waals surface area contributed by atoms with E-state index in [9.17, 15) is 9.59 Å². The van der Waals surface area contributed by atoms with Crippen LogP contribution in [-0.2, 0) is 14.3 Å². The van der Waals surface area contributed by atoms with Crippen molar-refractivity contribution in [3.8, 4) is 0 Å². The summed E-state index contributed by atoms with van der Waals surface area (Å²) in [6, 6.07) is 0. The summed E-state index contributed by atoms with van der Waals surface area (Å²) in [5, 5.41) is 9.15. The van der Waals surface area contributed by atoms with Crippen LogP contribution in [0.2, 0.25) is 0 Å². The van der Waals surface area contributed by atoms with Gasteiger partial charge in [-0.15, -0.1) is 0 Å². The lowest BCUT2D eigenvalue weighted by Gasteiger charge is -2.31. The number of hydrogen-bond acceptors (Lipinski definition) is 3. The predicted molar refractivity (Wildman–Crippen MR) is 82.0 cm³/mol. The molecule has 4 nitrogen and oxygen atoms in total. The van der Waals surface area contributed by atoms with Gasteiger partial charge in [-0.25, -0.2) is 0 Å². The van der Waals surface area contributed by atoms with E-state index < -0.39 is 17.8 Å². The van der Waals surface area contributed by atoms with Gasteiger partial charge in [0.25, 0.3) is 0 Å². The van der Waals surface area contributed by atoms with Crippen molar-refractivity contribution >= 4 is 11.9 Å². The van der Waals surface area contributed by atoms with Gasteiger partial charge in [0.15, 0.2) is 0 Å². The molecule has 1 heterocycles. The molecule has 122 valence electrons. The highest BCUT2D eigenvalue weighted by molar-refractivity contribution is 5.82. The fourth-order valence-corrected chi connectivity index (χ4v) is 2.97. The molecule has 4 heteroatoms. The molecule has 0 amide bonds. The van der Waals surface area contributed by atoms with Gasteiger partial charge >= 0.3 is 11.9 Å². The first-order valence-corrected chi connectivity index (χ1v) is 8.49. The number of carboxylic acid groups (broad SMARTS) is 1. The largest absolute Gasteiger partial charge is 0.481 e. The van der Waals surface area contributed by atoms with Crippen molar-refractivity contribution in [2.75, 3.05) is 0 Å². The summed E-state index contributed by atoms with van der Waals surface area (Å²) in [7, 11) is 0. The van der Waals surface area contributed by atoms with Crippen molar-refractivity contribution in [3.63, 3.8) is 0 Å². The normalized spacial score (nSPS) is 25.6. The minimum Gasteiger partial charge on any atom is -0.481 e. The molecule has 0 aromatic carbocycles. The molecule has 3 unspecified atom stereocenters. The van der Waals surface area contributed by atoms with Gasteiger partial charge in [-0.1, -0.05) is 58.8 Å². The van der Waals surface area contributed by atoms with E-state index in [1.807, 2.05) is 0 Å². The molecule has 1 N–H and O–H groups in total.